The van der Waals surface area contributed by atoms with Crippen LogP contribution >= 0.6 is 23.2 Å². The summed E-state index contributed by atoms with van der Waals surface area (Å²) in [6.45, 7) is 4.19. The molecule has 0 spiro atoms. The molecule has 1 aromatic heterocycles. The van der Waals surface area contributed by atoms with Crippen molar-refractivity contribution in [2.75, 3.05) is 0 Å². The minimum absolute atomic E-state index is 0.572. The Labute approximate surface area is 168 Å². The zero-order valence-electron chi connectivity index (χ0n) is 15.1. The quantitative estimate of drug-likeness (QED) is 0.388. The molecular formula is C23H18Cl2N2. The molecule has 27 heavy (non-hydrogen) atoms. The zero-order chi connectivity index (χ0) is 19.0. The summed E-state index contributed by atoms with van der Waals surface area (Å²) in [5.74, 6) is 0.665. The van der Waals surface area contributed by atoms with E-state index in [4.69, 9.17) is 28.2 Å². The number of nitrogens with zero attached hydrogens (tertiary/aromatic N) is 1. The molecule has 0 unspecified atom stereocenters. The predicted molar refractivity (Wildman–Crippen MR) is 114 cm³/mol. The van der Waals surface area contributed by atoms with Gasteiger partial charge in [0.1, 0.15) is 5.82 Å². The molecule has 1 N–H and O–H groups in total. The van der Waals surface area contributed by atoms with Gasteiger partial charge in [-0.1, -0.05) is 76.8 Å². The number of benzene rings is 3. The van der Waals surface area contributed by atoms with Crippen LogP contribution in [0.4, 0.5) is 0 Å². The van der Waals surface area contributed by atoms with E-state index in [0.717, 1.165) is 22.5 Å². The zero-order valence-corrected chi connectivity index (χ0v) is 16.6. The number of aromatic amines is 1. The van der Waals surface area contributed by atoms with Crippen LogP contribution in [-0.2, 0) is 0 Å². The van der Waals surface area contributed by atoms with E-state index in [1.54, 1.807) is 0 Å². The Kier molecular flexibility index (Phi) is 4.77. The highest BCUT2D eigenvalue weighted by Gasteiger charge is 2.18. The maximum atomic E-state index is 6.42. The number of rotatable bonds is 3. The van der Waals surface area contributed by atoms with E-state index in [9.17, 15) is 0 Å². The minimum Gasteiger partial charge on any atom is -0.337 e. The van der Waals surface area contributed by atoms with E-state index < -0.39 is 0 Å². The number of halogens is 2. The Morgan fingerprint density at radius 3 is 2.00 bits per heavy atom. The molecule has 0 bridgehead atoms. The molecule has 0 saturated heterocycles. The summed E-state index contributed by atoms with van der Waals surface area (Å²) in [6, 6.07) is 22.1. The highest BCUT2D eigenvalue weighted by atomic mass is 35.5. The Hall–Kier alpha value is -2.55. The number of aryl methyl sites for hydroxylation is 2. The Bertz CT molecular complexity index is 1070. The lowest BCUT2D eigenvalue weighted by molar-refractivity contribution is 1.30. The first-order valence-electron chi connectivity index (χ1n) is 8.71. The normalized spacial score (nSPS) is 11.0. The van der Waals surface area contributed by atoms with Crippen LogP contribution in [0.3, 0.4) is 0 Å². The van der Waals surface area contributed by atoms with Gasteiger partial charge in [0.25, 0.3) is 0 Å². The van der Waals surface area contributed by atoms with Crippen molar-refractivity contribution in [3.8, 4) is 33.9 Å². The van der Waals surface area contributed by atoms with Crippen LogP contribution in [0, 0.1) is 13.8 Å². The lowest BCUT2D eigenvalue weighted by Crippen LogP contribution is -1.86. The summed E-state index contributed by atoms with van der Waals surface area (Å²) < 4.78 is 0. The Morgan fingerprint density at radius 1 is 0.741 bits per heavy atom. The standard InChI is InChI=1S/C23H18Cl2N2/c1-14-11-15(2)13-17(12-14)22-21(16-7-4-3-5-8-16)26-23(27-22)20-18(24)9-6-10-19(20)25/h3-13H,1-2H3,(H,26,27). The smallest absolute Gasteiger partial charge is 0.141 e. The maximum Gasteiger partial charge on any atom is 0.141 e. The second-order valence-electron chi connectivity index (χ2n) is 6.65. The van der Waals surface area contributed by atoms with Gasteiger partial charge >= 0.3 is 0 Å². The lowest BCUT2D eigenvalue weighted by Gasteiger charge is -2.06. The number of nitrogens with one attached hydrogen (secondary N) is 1. The molecule has 0 amide bonds. The topological polar surface area (TPSA) is 28.7 Å². The molecule has 4 aromatic rings. The molecular weight excluding hydrogens is 375 g/mol. The molecule has 4 rings (SSSR count). The summed E-state index contributed by atoms with van der Waals surface area (Å²) in [7, 11) is 0. The SMILES string of the molecule is Cc1cc(C)cc(-c2nc(-c3c(Cl)cccc3Cl)[nH]c2-c2ccccc2)c1. The molecule has 0 atom stereocenters. The number of imidazole rings is 1. The van der Waals surface area contributed by atoms with Crippen molar-refractivity contribution in [2.24, 2.45) is 0 Å². The summed E-state index contributed by atoms with van der Waals surface area (Å²) in [5.41, 5.74) is 7.08. The fraction of sp³-hybridized carbons (Fsp3) is 0.0870. The lowest BCUT2D eigenvalue weighted by atomic mass is 10.0. The monoisotopic (exact) mass is 392 g/mol. The third-order valence-corrected chi connectivity index (χ3v) is 5.09. The Morgan fingerprint density at radius 2 is 1.37 bits per heavy atom. The average Bonchev–Trinajstić information content (AvgIpc) is 3.06. The molecule has 4 heteroatoms. The van der Waals surface area contributed by atoms with Crippen molar-refractivity contribution in [3.63, 3.8) is 0 Å². The summed E-state index contributed by atoms with van der Waals surface area (Å²) in [4.78, 5) is 8.36. The summed E-state index contributed by atoms with van der Waals surface area (Å²) >= 11 is 12.8. The van der Waals surface area contributed by atoms with Crippen LogP contribution < -0.4 is 0 Å². The average molecular weight is 393 g/mol. The number of hydrogen-bond acceptors (Lipinski definition) is 1. The predicted octanol–water partition coefficient (Wildman–Crippen LogP) is 7.33. The molecule has 0 aliphatic carbocycles. The van der Waals surface area contributed by atoms with Crippen molar-refractivity contribution in [3.05, 3.63) is 87.9 Å². The Balaban J connectivity index is 1.98. The highest BCUT2D eigenvalue weighted by Crippen LogP contribution is 2.38. The van der Waals surface area contributed by atoms with Crippen molar-refractivity contribution >= 4 is 23.2 Å². The minimum atomic E-state index is 0.572. The van der Waals surface area contributed by atoms with Crippen LogP contribution in [-0.4, -0.2) is 9.97 Å². The molecule has 0 aliphatic heterocycles. The van der Waals surface area contributed by atoms with Gasteiger partial charge in [0.15, 0.2) is 0 Å². The van der Waals surface area contributed by atoms with E-state index >= 15 is 0 Å². The van der Waals surface area contributed by atoms with Gasteiger partial charge in [0.05, 0.1) is 27.0 Å². The fourth-order valence-corrected chi connectivity index (χ4v) is 3.93. The van der Waals surface area contributed by atoms with Gasteiger partial charge in [-0.2, -0.15) is 0 Å². The largest absolute Gasteiger partial charge is 0.337 e. The van der Waals surface area contributed by atoms with Crippen LogP contribution in [0.5, 0.6) is 0 Å². The molecule has 0 radical (unpaired) electrons. The van der Waals surface area contributed by atoms with Crippen molar-refractivity contribution in [1.82, 2.24) is 9.97 Å². The second-order valence-corrected chi connectivity index (χ2v) is 7.46. The van der Waals surface area contributed by atoms with E-state index in [2.05, 4.69) is 49.2 Å². The molecule has 3 aromatic carbocycles. The van der Waals surface area contributed by atoms with Gasteiger partial charge in [0, 0.05) is 11.1 Å². The number of aromatic nitrogens is 2. The van der Waals surface area contributed by atoms with Gasteiger partial charge in [-0.25, -0.2) is 4.98 Å². The van der Waals surface area contributed by atoms with E-state index in [0.29, 0.717) is 21.4 Å². The molecule has 1 heterocycles. The highest BCUT2D eigenvalue weighted by molar-refractivity contribution is 6.39. The van der Waals surface area contributed by atoms with Crippen LogP contribution in [0.25, 0.3) is 33.9 Å². The first-order valence-corrected chi connectivity index (χ1v) is 9.47. The van der Waals surface area contributed by atoms with E-state index in [-0.39, 0.29) is 0 Å². The van der Waals surface area contributed by atoms with Crippen LogP contribution in [0.15, 0.2) is 66.7 Å². The summed E-state index contributed by atoms with van der Waals surface area (Å²) in [6.07, 6.45) is 0. The first-order chi connectivity index (χ1) is 13.0. The molecule has 2 nitrogen and oxygen atoms in total. The second kappa shape index (κ2) is 7.22. The van der Waals surface area contributed by atoms with Crippen LogP contribution in [0.2, 0.25) is 10.0 Å². The molecule has 0 aliphatic rings. The van der Waals surface area contributed by atoms with Gasteiger partial charge < -0.3 is 4.98 Å². The van der Waals surface area contributed by atoms with Crippen LogP contribution in [0.1, 0.15) is 11.1 Å². The maximum absolute atomic E-state index is 6.42. The molecule has 0 fully saturated rings. The van der Waals surface area contributed by atoms with Gasteiger partial charge in [-0.15, -0.1) is 0 Å². The third-order valence-electron chi connectivity index (χ3n) is 4.46. The van der Waals surface area contributed by atoms with Crippen molar-refractivity contribution in [2.45, 2.75) is 13.8 Å². The number of H-pyrrole nitrogens is 1. The van der Waals surface area contributed by atoms with Crippen molar-refractivity contribution in [1.29, 1.82) is 0 Å². The van der Waals surface area contributed by atoms with Crippen molar-refractivity contribution < 1.29 is 0 Å². The molecule has 134 valence electrons. The van der Waals surface area contributed by atoms with E-state index in [1.807, 2.05) is 36.4 Å². The van der Waals surface area contributed by atoms with Gasteiger partial charge in [-0.05, 0) is 38.1 Å². The van der Waals surface area contributed by atoms with Gasteiger partial charge in [-0.3, -0.25) is 0 Å². The van der Waals surface area contributed by atoms with E-state index in [1.165, 1.54) is 11.1 Å². The van der Waals surface area contributed by atoms with Gasteiger partial charge in [0.2, 0.25) is 0 Å². The first kappa shape index (κ1) is 17.8. The fourth-order valence-electron chi connectivity index (χ4n) is 3.35. The number of hydrogen-bond donors (Lipinski definition) is 1. The molecule has 0 saturated carbocycles. The summed E-state index contributed by atoms with van der Waals surface area (Å²) in [5, 5.41) is 1.14. The third kappa shape index (κ3) is 3.51.